The van der Waals surface area contributed by atoms with Gasteiger partial charge in [-0.25, -0.2) is 4.79 Å². The Morgan fingerprint density at radius 2 is 2.05 bits per heavy atom. The fraction of sp³-hybridized carbons (Fsp3) is 0.733. The van der Waals surface area contributed by atoms with Gasteiger partial charge in [-0.05, 0) is 19.3 Å². The lowest BCUT2D eigenvalue weighted by Gasteiger charge is -2.33. The highest BCUT2D eigenvalue weighted by Crippen LogP contribution is 2.22. The Kier molecular flexibility index (Phi) is 5.17. The summed E-state index contributed by atoms with van der Waals surface area (Å²) < 4.78 is 0. The van der Waals surface area contributed by atoms with E-state index in [0.717, 1.165) is 19.4 Å². The minimum atomic E-state index is -0.872. The number of hydrogen-bond acceptors (Lipinski definition) is 3. The number of carbonyl (C=O) groups excluding carboxylic acids is 1. The van der Waals surface area contributed by atoms with Gasteiger partial charge in [0.2, 0.25) is 5.91 Å². The van der Waals surface area contributed by atoms with Gasteiger partial charge in [0, 0.05) is 31.8 Å². The Bertz CT molecular complexity index is 400. The molecule has 0 bridgehead atoms. The molecule has 112 valence electrons. The van der Waals surface area contributed by atoms with E-state index in [2.05, 4.69) is 0 Å². The second kappa shape index (κ2) is 6.88. The molecule has 0 unspecified atom stereocenters. The molecule has 5 nitrogen and oxygen atoms in total. The molecule has 1 heterocycles. The third kappa shape index (κ3) is 3.82. The highest BCUT2D eigenvalue weighted by molar-refractivity contribution is 5.87. The van der Waals surface area contributed by atoms with Gasteiger partial charge < -0.3 is 10.0 Å². The molecule has 5 heteroatoms. The fourth-order valence-electron chi connectivity index (χ4n) is 3.07. The molecule has 0 spiro atoms. The van der Waals surface area contributed by atoms with Crippen LogP contribution < -0.4 is 0 Å². The average molecular weight is 280 g/mol. The number of carbonyl (C=O) groups is 2. The molecule has 1 N–H and O–H groups in total. The summed E-state index contributed by atoms with van der Waals surface area (Å²) in [5.41, 5.74) is 0.407. The van der Waals surface area contributed by atoms with Crippen LogP contribution in [0.15, 0.2) is 11.6 Å². The highest BCUT2D eigenvalue weighted by atomic mass is 16.4. The molecule has 20 heavy (non-hydrogen) atoms. The van der Waals surface area contributed by atoms with E-state index in [0.29, 0.717) is 31.1 Å². The number of nitrogens with zero attached hydrogens (tertiary/aromatic N) is 2. The van der Waals surface area contributed by atoms with Gasteiger partial charge in [-0.1, -0.05) is 25.3 Å². The van der Waals surface area contributed by atoms with E-state index in [1.54, 1.807) is 6.08 Å². The van der Waals surface area contributed by atoms with Crippen molar-refractivity contribution in [2.24, 2.45) is 0 Å². The van der Waals surface area contributed by atoms with E-state index < -0.39 is 5.97 Å². The summed E-state index contributed by atoms with van der Waals surface area (Å²) in [4.78, 5) is 27.1. The molecule has 0 atom stereocenters. The Balaban J connectivity index is 1.84. The lowest BCUT2D eigenvalue weighted by Crippen LogP contribution is -2.45. The predicted molar refractivity (Wildman–Crippen MR) is 76.4 cm³/mol. The third-order valence-corrected chi connectivity index (χ3v) is 4.38. The minimum absolute atomic E-state index is 0.114. The van der Waals surface area contributed by atoms with Crippen LogP contribution in [0.2, 0.25) is 0 Å². The summed E-state index contributed by atoms with van der Waals surface area (Å²) in [6.07, 6.45) is 8.36. The van der Waals surface area contributed by atoms with E-state index in [1.165, 1.54) is 19.3 Å². The summed E-state index contributed by atoms with van der Waals surface area (Å²) in [6, 6.07) is 0.371. The minimum Gasteiger partial charge on any atom is -0.478 e. The van der Waals surface area contributed by atoms with Gasteiger partial charge in [0.15, 0.2) is 0 Å². The van der Waals surface area contributed by atoms with Crippen LogP contribution >= 0.6 is 0 Å². The van der Waals surface area contributed by atoms with Crippen molar-refractivity contribution in [1.82, 2.24) is 9.80 Å². The number of carboxylic acids is 1. The summed E-state index contributed by atoms with van der Waals surface area (Å²) in [5, 5.41) is 9.01. The van der Waals surface area contributed by atoms with Crippen molar-refractivity contribution in [1.29, 1.82) is 0 Å². The Labute approximate surface area is 120 Å². The molecule has 1 saturated carbocycles. The monoisotopic (exact) mass is 280 g/mol. The Hall–Kier alpha value is -1.36. The van der Waals surface area contributed by atoms with Crippen LogP contribution in [0.1, 0.15) is 38.5 Å². The van der Waals surface area contributed by atoms with Crippen LogP contribution in [0.3, 0.4) is 0 Å². The van der Waals surface area contributed by atoms with Gasteiger partial charge in [-0.2, -0.15) is 0 Å². The molecule has 0 radical (unpaired) electrons. The fourth-order valence-corrected chi connectivity index (χ4v) is 3.07. The predicted octanol–water partition coefficient (Wildman–Crippen LogP) is 1.49. The zero-order chi connectivity index (χ0) is 14.5. The van der Waals surface area contributed by atoms with E-state index in [4.69, 9.17) is 5.11 Å². The Morgan fingerprint density at radius 3 is 2.70 bits per heavy atom. The first kappa shape index (κ1) is 15.0. The largest absolute Gasteiger partial charge is 0.478 e. The molecule has 0 aromatic carbocycles. The second-order valence-electron chi connectivity index (χ2n) is 5.83. The van der Waals surface area contributed by atoms with E-state index in [1.807, 2.05) is 16.8 Å². The first-order valence-corrected chi connectivity index (χ1v) is 7.48. The zero-order valence-electron chi connectivity index (χ0n) is 12.2. The number of rotatable bonds is 4. The van der Waals surface area contributed by atoms with Crippen LogP contribution in [0.25, 0.3) is 0 Å². The van der Waals surface area contributed by atoms with Crippen LogP contribution in [-0.2, 0) is 9.59 Å². The maximum atomic E-state index is 12.3. The van der Waals surface area contributed by atoms with Crippen molar-refractivity contribution in [2.75, 3.05) is 26.7 Å². The van der Waals surface area contributed by atoms with E-state index in [-0.39, 0.29) is 5.91 Å². The third-order valence-electron chi connectivity index (χ3n) is 4.38. The molecular weight excluding hydrogens is 256 g/mol. The Morgan fingerprint density at radius 1 is 1.35 bits per heavy atom. The van der Waals surface area contributed by atoms with Gasteiger partial charge >= 0.3 is 5.97 Å². The lowest BCUT2D eigenvalue weighted by atomic mass is 9.94. The highest BCUT2D eigenvalue weighted by Gasteiger charge is 2.25. The summed E-state index contributed by atoms with van der Waals surface area (Å²) in [7, 11) is 1.89. The van der Waals surface area contributed by atoms with Crippen molar-refractivity contribution in [3.8, 4) is 0 Å². The van der Waals surface area contributed by atoms with E-state index in [9.17, 15) is 9.59 Å². The average Bonchev–Trinajstić information content (AvgIpc) is 2.47. The molecule has 2 aliphatic rings. The normalized spacial score (nSPS) is 21.4. The summed E-state index contributed by atoms with van der Waals surface area (Å²) in [5.74, 6) is -0.758. The molecule has 1 amide bonds. The SMILES string of the molecule is CN(C(=O)CN1CCC=C(C(=O)O)C1)C1CCCCC1. The van der Waals surface area contributed by atoms with Crippen molar-refractivity contribution < 1.29 is 14.7 Å². The molecule has 1 aliphatic heterocycles. The van der Waals surface area contributed by atoms with Gasteiger partial charge in [0.1, 0.15) is 0 Å². The second-order valence-corrected chi connectivity index (χ2v) is 5.83. The summed E-state index contributed by atoms with van der Waals surface area (Å²) >= 11 is 0. The number of amides is 1. The first-order valence-electron chi connectivity index (χ1n) is 7.48. The lowest BCUT2D eigenvalue weighted by molar-refractivity contribution is -0.135. The van der Waals surface area contributed by atoms with Gasteiger partial charge in [0.05, 0.1) is 6.54 Å². The number of likely N-dealkylation sites (N-methyl/N-ethyl adjacent to an activating group) is 1. The van der Waals surface area contributed by atoms with Crippen molar-refractivity contribution in [3.63, 3.8) is 0 Å². The quantitative estimate of drug-likeness (QED) is 0.847. The smallest absolute Gasteiger partial charge is 0.332 e. The van der Waals surface area contributed by atoms with Crippen LogP contribution in [0.5, 0.6) is 0 Å². The number of carboxylic acid groups (broad SMARTS) is 1. The maximum absolute atomic E-state index is 12.3. The van der Waals surface area contributed by atoms with Crippen molar-refractivity contribution >= 4 is 11.9 Å². The topological polar surface area (TPSA) is 60.9 Å². The van der Waals surface area contributed by atoms with Crippen LogP contribution in [0.4, 0.5) is 0 Å². The van der Waals surface area contributed by atoms with E-state index >= 15 is 0 Å². The van der Waals surface area contributed by atoms with Gasteiger partial charge in [-0.15, -0.1) is 0 Å². The molecule has 0 aromatic rings. The van der Waals surface area contributed by atoms with Crippen molar-refractivity contribution in [2.45, 2.75) is 44.6 Å². The van der Waals surface area contributed by atoms with Gasteiger partial charge in [-0.3, -0.25) is 9.69 Å². The standard InChI is InChI=1S/C15H24N2O3/c1-16(13-7-3-2-4-8-13)14(18)11-17-9-5-6-12(10-17)15(19)20/h6,13H,2-5,7-11H2,1H3,(H,19,20). The van der Waals surface area contributed by atoms with Gasteiger partial charge in [0.25, 0.3) is 0 Å². The number of aliphatic carboxylic acids is 1. The first-order chi connectivity index (χ1) is 9.58. The maximum Gasteiger partial charge on any atom is 0.332 e. The van der Waals surface area contributed by atoms with Crippen molar-refractivity contribution in [3.05, 3.63) is 11.6 Å². The van der Waals surface area contributed by atoms with Crippen LogP contribution in [0, 0.1) is 0 Å². The molecule has 1 aliphatic carbocycles. The molecule has 1 fully saturated rings. The molecule has 0 saturated heterocycles. The zero-order valence-corrected chi connectivity index (χ0v) is 12.2. The van der Waals surface area contributed by atoms with Crippen LogP contribution in [-0.4, -0.2) is 59.5 Å². The molecular formula is C15H24N2O3. The molecule has 2 rings (SSSR count). The molecule has 0 aromatic heterocycles. The number of hydrogen-bond donors (Lipinski definition) is 1. The summed E-state index contributed by atoms with van der Waals surface area (Å²) in [6.45, 7) is 1.47.